The highest BCUT2D eigenvalue weighted by Crippen LogP contribution is 2.39. The first-order valence-electron chi connectivity index (χ1n) is 9.45. The average Bonchev–Trinajstić information content (AvgIpc) is 3.32. The van der Waals surface area contributed by atoms with Gasteiger partial charge >= 0.3 is 6.18 Å². The molecule has 0 bridgehead atoms. The number of hydrogen-bond donors (Lipinski definition) is 1. The lowest BCUT2D eigenvalue weighted by molar-refractivity contribution is -0.141. The summed E-state index contributed by atoms with van der Waals surface area (Å²) in [6, 6.07) is 10.7. The van der Waals surface area contributed by atoms with Gasteiger partial charge in [-0.25, -0.2) is 4.68 Å². The highest BCUT2D eigenvalue weighted by atomic mass is 19.4. The number of alkyl halides is 3. The maximum absolute atomic E-state index is 12.7. The third-order valence-corrected chi connectivity index (χ3v) is 4.70. The minimum absolute atomic E-state index is 0.203. The van der Waals surface area contributed by atoms with Gasteiger partial charge in [0, 0.05) is 11.8 Å². The zero-order valence-electron chi connectivity index (χ0n) is 17.8. The number of amides is 1. The molecular formula is C22H19F3N4O4. The van der Waals surface area contributed by atoms with Gasteiger partial charge in [0.25, 0.3) is 5.91 Å². The third-order valence-electron chi connectivity index (χ3n) is 4.70. The van der Waals surface area contributed by atoms with Crippen molar-refractivity contribution in [3.8, 4) is 29.0 Å². The van der Waals surface area contributed by atoms with Gasteiger partial charge in [0.05, 0.1) is 33.1 Å². The maximum Gasteiger partial charge on any atom is 0.435 e. The highest BCUT2D eigenvalue weighted by Gasteiger charge is 2.33. The lowest BCUT2D eigenvalue weighted by Gasteiger charge is -2.17. The van der Waals surface area contributed by atoms with Gasteiger partial charge in [-0.1, -0.05) is 0 Å². The van der Waals surface area contributed by atoms with Crippen molar-refractivity contribution in [2.24, 2.45) is 0 Å². The van der Waals surface area contributed by atoms with E-state index in [1.54, 1.807) is 12.1 Å². The van der Waals surface area contributed by atoms with Crippen molar-refractivity contribution in [2.75, 3.05) is 21.3 Å². The normalized spacial score (nSPS) is 11.9. The Labute approximate surface area is 187 Å². The Morgan fingerprint density at radius 3 is 2.12 bits per heavy atom. The second-order valence-corrected chi connectivity index (χ2v) is 6.68. The van der Waals surface area contributed by atoms with Crippen LogP contribution in [0.15, 0.2) is 48.7 Å². The van der Waals surface area contributed by atoms with Gasteiger partial charge in [0.1, 0.15) is 6.04 Å². The Morgan fingerprint density at radius 2 is 1.67 bits per heavy atom. The number of nitrogens with one attached hydrogen (secondary N) is 1. The first-order valence-corrected chi connectivity index (χ1v) is 9.45. The van der Waals surface area contributed by atoms with Crippen molar-refractivity contribution in [1.29, 1.82) is 5.26 Å². The molecule has 0 aliphatic carbocycles. The van der Waals surface area contributed by atoms with E-state index in [4.69, 9.17) is 14.2 Å². The van der Waals surface area contributed by atoms with Crippen LogP contribution in [0, 0.1) is 11.3 Å². The summed E-state index contributed by atoms with van der Waals surface area (Å²) in [5.41, 5.74) is -0.0714. The van der Waals surface area contributed by atoms with Gasteiger partial charge in [0.15, 0.2) is 17.2 Å². The van der Waals surface area contributed by atoms with Crippen LogP contribution >= 0.6 is 0 Å². The molecule has 1 atom stereocenters. The monoisotopic (exact) mass is 460 g/mol. The second-order valence-electron chi connectivity index (χ2n) is 6.68. The molecule has 0 aliphatic rings. The van der Waals surface area contributed by atoms with E-state index in [9.17, 15) is 23.2 Å². The number of ether oxygens (including phenoxy) is 3. The molecule has 1 amide bonds. The Balaban J connectivity index is 1.80. The van der Waals surface area contributed by atoms with Crippen LogP contribution in [0.3, 0.4) is 0 Å². The topological polar surface area (TPSA) is 98.4 Å². The molecule has 0 aliphatic heterocycles. The molecule has 33 heavy (non-hydrogen) atoms. The number of nitrogens with zero attached hydrogens (tertiary/aromatic N) is 3. The highest BCUT2D eigenvalue weighted by molar-refractivity contribution is 5.94. The Morgan fingerprint density at radius 1 is 1.06 bits per heavy atom. The van der Waals surface area contributed by atoms with Gasteiger partial charge in [-0.3, -0.25) is 4.79 Å². The van der Waals surface area contributed by atoms with E-state index in [0.717, 1.165) is 10.7 Å². The molecule has 2 aromatic carbocycles. The summed E-state index contributed by atoms with van der Waals surface area (Å²) < 4.78 is 55.1. The molecule has 3 rings (SSSR count). The molecule has 0 spiro atoms. The molecule has 8 nitrogen and oxygen atoms in total. The summed E-state index contributed by atoms with van der Waals surface area (Å²) in [5, 5.41) is 15.7. The van der Waals surface area contributed by atoms with Crippen LogP contribution in [0.2, 0.25) is 0 Å². The van der Waals surface area contributed by atoms with E-state index < -0.39 is 23.8 Å². The summed E-state index contributed by atoms with van der Waals surface area (Å²) in [6.45, 7) is 0. The molecule has 0 fully saturated rings. The lowest BCUT2D eigenvalue weighted by atomic mass is 10.1. The van der Waals surface area contributed by atoms with Crippen LogP contribution in [0.1, 0.15) is 27.7 Å². The number of carbonyl (C=O) groups excluding carboxylic acids is 1. The van der Waals surface area contributed by atoms with E-state index >= 15 is 0 Å². The summed E-state index contributed by atoms with van der Waals surface area (Å²) in [6.07, 6.45) is -3.38. The maximum atomic E-state index is 12.7. The van der Waals surface area contributed by atoms with Gasteiger partial charge < -0.3 is 19.5 Å². The fraction of sp³-hybridized carbons (Fsp3) is 0.227. The zero-order chi connectivity index (χ0) is 24.2. The zero-order valence-corrected chi connectivity index (χ0v) is 17.8. The Kier molecular flexibility index (Phi) is 6.77. The van der Waals surface area contributed by atoms with Gasteiger partial charge in [-0.15, -0.1) is 0 Å². The van der Waals surface area contributed by atoms with Gasteiger partial charge in [-0.2, -0.15) is 23.5 Å². The van der Waals surface area contributed by atoms with E-state index in [1.807, 2.05) is 6.07 Å². The van der Waals surface area contributed by atoms with Crippen LogP contribution in [-0.4, -0.2) is 37.0 Å². The number of methoxy groups -OCH3 is 3. The van der Waals surface area contributed by atoms with Crippen molar-refractivity contribution in [1.82, 2.24) is 15.1 Å². The smallest absolute Gasteiger partial charge is 0.435 e. The first kappa shape index (κ1) is 23.5. The Bertz CT molecular complexity index is 1160. The third kappa shape index (κ3) is 5.01. The van der Waals surface area contributed by atoms with E-state index in [-0.39, 0.29) is 5.56 Å². The lowest BCUT2D eigenvalue weighted by Crippen LogP contribution is -2.27. The number of aromatic nitrogens is 2. The van der Waals surface area contributed by atoms with Crippen molar-refractivity contribution in [3.05, 3.63) is 65.5 Å². The molecule has 3 aromatic rings. The first-order chi connectivity index (χ1) is 15.7. The van der Waals surface area contributed by atoms with Crippen LogP contribution < -0.4 is 19.5 Å². The molecule has 1 N–H and O–H groups in total. The van der Waals surface area contributed by atoms with Crippen molar-refractivity contribution in [3.63, 3.8) is 0 Å². The molecule has 1 heterocycles. The second kappa shape index (κ2) is 9.52. The van der Waals surface area contributed by atoms with Crippen LogP contribution in [0.25, 0.3) is 5.69 Å². The number of nitriles is 1. The predicted molar refractivity (Wildman–Crippen MR) is 110 cm³/mol. The average molecular weight is 460 g/mol. The number of benzene rings is 2. The largest absolute Gasteiger partial charge is 0.493 e. The van der Waals surface area contributed by atoms with Crippen LogP contribution in [0.5, 0.6) is 17.2 Å². The van der Waals surface area contributed by atoms with E-state index in [1.165, 1.54) is 51.8 Å². The van der Waals surface area contributed by atoms with Crippen LogP contribution in [-0.2, 0) is 6.18 Å². The Hall–Kier alpha value is -4.20. The molecule has 0 radical (unpaired) electrons. The van der Waals surface area contributed by atoms with Crippen LogP contribution in [0.4, 0.5) is 13.2 Å². The van der Waals surface area contributed by atoms with Crippen molar-refractivity contribution >= 4 is 5.91 Å². The fourth-order valence-electron chi connectivity index (χ4n) is 3.06. The van der Waals surface area contributed by atoms with Gasteiger partial charge in [-0.05, 0) is 48.0 Å². The number of carbonyl (C=O) groups is 1. The number of halogens is 3. The molecule has 0 saturated heterocycles. The summed E-state index contributed by atoms with van der Waals surface area (Å²) in [4.78, 5) is 12.7. The molecule has 172 valence electrons. The van der Waals surface area contributed by atoms with E-state index in [2.05, 4.69) is 10.4 Å². The summed E-state index contributed by atoms with van der Waals surface area (Å²) in [5.74, 6) is 0.430. The summed E-state index contributed by atoms with van der Waals surface area (Å²) >= 11 is 0. The van der Waals surface area contributed by atoms with Gasteiger partial charge in [0.2, 0.25) is 5.75 Å². The number of hydrogen-bond acceptors (Lipinski definition) is 6. The molecule has 1 unspecified atom stereocenters. The van der Waals surface area contributed by atoms with Crippen molar-refractivity contribution in [2.45, 2.75) is 12.2 Å². The standard InChI is InChI=1S/C22H19F3N4O4/c1-31-17-10-14(11-18(32-2)20(17)33-3)16(12-26)27-21(30)13-4-6-15(7-5-13)29-9-8-19(28-29)22(23,24)25/h4-11,16H,1-3H3,(H,27,30). The quantitative estimate of drug-likeness (QED) is 0.574. The molecular weight excluding hydrogens is 441 g/mol. The van der Waals surface area contributed by atoms with E-state index in [0.29, 0.717) is 28.5 Å². The molecule has 1 aromatic heterocycles. The fourth-order valence-corrected chi connectivity index (χ4v) is 3.06. The molecule has 11 heteroatoms. The minimum Gasteiger partial charge on any atom is -0.493 e. The van der Waals surface area contributed by atoms with Crippen molar-refractivity contribution < 1.29 is 32.2 Å². The predicted octanol–water partition coefficient (Wildman–Crippen LogP) is 3.91. The molecule has 0 saturated carbocycles. The summed E-state index contributed by atoms with van der Waals surface area (Å²) in [7, 11) is 4.31. The number of rotatable bonds is 7. The SMILES string of the molecule is COc1cc(C(C#N)NC(=O)c2ccc(-n3ccc(C(F)(F)F)n3)cc2)cc(OC)c1OC. The minimum atomic E-state index is -4.55.